The van der Waals surface area contributed by atoms with Crippen LogP contribution in [0, 0.1) is 6.92 Å². The van der Waals surface area contributed by atoms with Gasteiger partial charge in [0.2, 0.25) is 0 Å². The zero-order chi connectivity index (χ0) is 22.9. The lowest BCUT2D eigenvalue weighted by Crippen LogP contribution is -2.51. The molecule has 0 bridgehead atoms. The monoisotopic (exact) mass is 448 g/mol. The SMILES string of the molecule is Cc1ccc(S(=O)(=O)NC(=O)C(Cc2ccccc2)N2C(=O)c3ccccc3C2=O)cc1. The van der Waals surface area contributed by atoms with Crippen LogP contribution in [0.25, 0.3) is 0 Å². The van der Waals surface area contributed by atoms with Gasteiger partial charge in [0.1, 0.15) is 6.04 Å². The second-order valence-corrected chi connectivity index (χ2v) is 9.20. The molecular weight excluding hydrogens is 428 g/mol. The summed E-state index contributed by atoms with van der Waals surface area (Å²) in [5, 5.41) is 0. The van der Waals surface area contributed by atoms with Gasteiger partial charge in [0, 0.05) is 6.42 Å². The number of carbonyl (C=O) groups is 3. The van der Waals surface area contributed by atoms with Crippen LogP contribution in [0.3, 0.4) is 0 Å². The maximum absolute atomic E-state index is 13.2. The molecule has 1 heterocycles. The predicted octanol–water partition coefficient (Wildman–Crippen LogP) is 2.71. The number of hydrogen-bond donors (Lipinski definition) is 1. The predicted molar refractivity (Wildman–Crippen MR) is 117 cm³/mol. The molecule has 0 radical (unpaired) electrons. The molecule has 3 amide bonds. The minimum atomic E-state index is -4.19. The fourth-order valence-electron chi connectivity index (χ4n) is 3.61. The van der Waals surface area contributed by atoms with Crippen molar-refractivity contribution >= 4 is 27.7 Å². The Labute approximate surface area is 185 Å². The molecule has 32 heavy (non-hydrogen) atoms. The summed E-state index contributed by atoms with van der Waals surface area (Å²) >= 11 is 0. The molecule has 162 valence electrons. The first-order chi connectivity index (χ1) is 15.3. The minimum absolute atomic E-state index is 0.0262. The second kappa shape index (κ2) is 8.39. The van der Waals surface area contributed by atoms with Crippen LogP contribution in [0.4, 0.5) is 0 Å². The number of fused-ring (bicyclic) bond motifs is 1. The van der Waals surface area contributed by atoms with Crippen LogP contribution in [0.1, 0.15) is 31.8 Å². The molecule has 4 rings (SSSR count). The molecule has 3 aromatic rings. The highest BCUT2D eigenvalue weighted by Crippen LogP contribution is 2.26. The van der Waals surface area contributed by atoms with E-state index < -0.39 is 33.8 Å². The molecule has 7 nitrogen and oxygen atoms in total. The summed E-state index contributed by atoms with van der Waals surface area (Å²) in [7, 11) is -4.19. The van der Waals surface area contributed by atoms with Gasteiger partial charge in [0.25, 0.3) is 27.7 Å². The minimum Gasteiger partial charge on any atom is -0.272 e. The molecule has 1 atom stereocenters. The number of nitrogens with one attached hydrogen (secondary N) is 1. The topological polar surface area (TPSA) is 101 Å². The standard InChI is InChI=1S/C24H20N2O5S/c1-16-11-13-18(14-12-16)32(30,31)25-22(27)21(15-17-7-3-2-4-8-17)26-23(28)19-9-5-6-10-20(19)24(26)29/h2-14,21H,15H2,1H3,(H,25,27). The van der Waals surface area contributed by atoms with E-state index in [1.165, 1.54) is 24.3 Å². The van der Waals surface area contributed by atoms with Gasteiger partial charge in [-0.05, 0) is 36.8 Å². The summed E-state index contributed by atoms with van der Waals surface area (Å²) in [5.41, 5.74) is 1.91. The van der Waals surface area contributed by atoms with E-state index in [0.717, 1.165) is 10.5 Å². The number of hydrogen-bond acceptors (Lipinski definition) is 5. The van der Waals surface area contributed by atoms with E-state index in [0.29, 0.717) is 5.56 Å². The lowest BCUT2D eigenvalue weighted by atomic mass is 10.0. The van der Waals surface area contributed by atoms with E-state index in [-0.39, 0.29) is 22.4 Å². The molecule has 0 spiro atoms. The van der Waals surface area contributed by atoms with Gasteiger partial charge < -0.3 is 0 Å². The van der Waals surface area contributed by atoms with Crippen molar-refractivity contribution in [2.75, 3.05) is 0 Å². The van der Waals surface area contributed by atoms with Crippen LogP contribution in [0.5, 0.6) is 0 Å². The van der Waals surface area contributed by atoms with E-state index in [1.807, 2.05) is 11.6 Å². The summed E-state index contributed by atoms with van der Waals surface area (Å²) in [4.78, 5) is 39.9. The molecule has 0 saturated carbocycles. The third kappa shape index (κ3) is 4.04. The lowest BCUT2D eigenvalue weighted by molar-refractivity contribution is -0.123. The fraction of sp³-hybridized carbons (Fsp3) is 0.125. The fourth-order valence-corrected chi connectivity index (χ4v) is 4.62. The van der Waals surface area contributed by atoms with Crippen molar-refractivity contribution in [3.05, 3.63) is 101 Å². The van der Waals surface area contributed by atoms with E-state index in [2.05, 4.69) is 0 Å². The van der Waals surface area contributed by atoms with Crippen molar-refractivity contribution in [3.8, 4) is 0 Å². The zero-order valence-corrected chi connectivity index (χ0v) is 18.0. The first-order valence-electron chi connectivity index (χ1n) is 9.92. The van der Waals surface area contributed by atoms with Crippen molar-refractivity contribution < 1.29 is 22.8 Å². The Morgan fingerprint density at radius 3 is 1.94 bits per heavy atom. The quantitative estimate of drug-likeness (QED) is 0.585. The van der Waals surface area contributed by atoms with Crippen molar-refractivity contribution in [3.63, 3.8) is 0 Å². The molecule has 0 fully saturated rings. The molecule has 0 saturated heterocycles. The summed E-state index contributed by atoms with van der Waals surface area (Å²) in [5.74, 6) is -2.22. The third-order valence-electron chi connectivity index (χ3n) is 5.28. The van der Waals surface area contributed by atoms with Crippen LogP contribution in [0.2, 0.25) is 0 Å². The maximum atomic E-state index is 13.2. The van der Waals surface area contributed by atoms with Crippen molar-refractivity contribution in [1.82, 2.24) is 9.62 Å². The Bertz CT molecular complexity index is 1270. The average molecular weight is 449 g/mol. The first-order valence-corrected chi connectivity index (χ1v) is 11.4. The van der Waals surface area contributed by atoms with Crippen LogP contribution < -0.4 is 4.72 Å². The molecule has 1 unspecified atom stereocenters. The highest BCUT2D eigenvalue weighted by molar-refractivity contribution is 7.90. The van der Waals surface area contributed by atoms with Crippen LogP contribution in [-0.2, 0) is 21.2 Å². The van der Waals surface area contributed by atoms with Gasteiger partial charge in [-0.3, -0.25) is 19.3 Å². The van der Waals surface area contributed by atoms with E-state index in [1.54, 1.807) is 54.6 Å². The Kier molecular flexibility index (Phi) is 5.63. The van der Waals surface area contributed by atoms with Crippen molar-refractivity contribution in [1.29, 1.82) is 0 Å². The van der Waals surface area contributed by atoms with Crippen LogP contribution in [-0.4, -0.2) is 37.1 Å². The zero-order valence-electron chi connectivity index (χ0n) is 17.2. The smallest absolute Gasteiger partial charge is 0.264 e. The van der Waals surface area contributed by atoms with Gasteiger partial charge in [-0.2, -0.15) is 0 Å². The van der Waals surface area contributed by atoms with Gasteiger partial charge in [-0.1, -0.05) is 60.2 Å². The van der Waals surface area contributed by atoms with E-state index in [4.69, 9.17) is 0 Å². The molecule has 1 aliphatic rings. The van der Waals surface area contributed by atoms with Gasteiger partial charge in [-0.25, -0.2) is 13.1 Å². The number of aryl methyl sites for hydroxylation is 1. The van der Waals surface area contributed by atoms with Crippen molar-refractivity contribution in [2.45, 2.75) is 24.3 Å². The number of nitrogens with zero attached hydrogens (tertiary/aromatic N) is 1. The van der Waals surface area contributed by atoms with Gasteiger partial charge in [0.15, 0.2) is 0 Å². The summed E-state index contributed by atoms with van der Waals surface area (Å²) in [6, 6.07) is 19.7. The molecule has 0 aromatic heterocycles. The largest absolute Gasteiger partial charge is 0.272 e. The van der Waals surface area contributed by atoms with Crippen LogP contribution in [0.15, 0.2) is 83.8 Å². The molecule has 8 heteroatoms. The molecule has 3 aromatic carbocycles. The molecule has 1 N–H and O–H groups in total. The number of rotatable bonds is 6. The van der Waals surface area contributed by atoms with Gasteiger partial charge >= 0.3 is 0 Å². The number of benzene rings is 3. The number of sulfonamides is 1. The highest BCUT2D eigenvalue weighted by atomic mass is 32.2. The maximum Gasteiger partial charge on any atom is 0.264 e. The number of imide groups is 1. The normalized spacial score (nSPS) is 14.2. The summed E-state index contributed by atoms with van der Waals surface area (Å²) < 4.78 is 27.6. The number of carbonyl (C=O) groups excluding carboxylic acids is 3. The highest BCUT2D eigenvalue weighted by Gasteiger charge is 2.43. The molecule has 1 aliphatic heterocycles. The lowest BCUT2D eigenvalue weighted by Gasteiger charge is -2.25. The van der Waals surface area contributed by atoms with Gasteiger partial charge in [-0.15, -0.1) is 0 Å². The Balaban J connectivity index is 1.69. The third-order valence-corrected chi connectivity index (χ3v) is 6.64. The summed E-state index contributed by atoms with van der Waals surface area (Å²) in [6.45, 7) is 1.81. The molecular formula is C24H20N2O5S. The average Bonchev–Trinajstić information content (AvgIpc) is 3.03. The number of amides is 3. The van der Waals surface area contributed by atoms with E-state index >= 15 is 0 Å². The second-order valence-electron chi connectivity index (χ2n) is 7.51. The molecule has 0 aliphatic carbocycles. The first kappa shape index (κ1) is 21.5. The Hall–Kier alpha value is -3.78. The van der Waals surface area contributed by atoms with E-state index in [9.17, 15) is 22.8 Å². The van der Waals surface area contributed by atoms with Gasteiger partial charge in [0.05, 0.1) is 16.0 Å². The Morgan fingerprint density at radius 2 is 1.38 bits per heavy atom. The summed E-state index contributed by atoms with van der Waals surface area (Å²) in [6.07, 6.45) is -0.0262. The van der Waals surface area contributed by atoms with Crippen molar-refractivity contribution in [2.24, 2.45) is 0 Å². The Morgan fingerprint density at radius 1 is 0.844 bits per heavy atom. The van der Waals surface area contributed by atoms with Crippen LogP contribution >= 0.6 is 0 Å².